The molecule has 0 aromatic heterocycles. The summed E-state index contributed by atoms with van der Waals surface area (Å²) >= 11 is 0. The van der Waals surface area contributed by atoms with E-state index in [0.717, 1.165) is 6.42 Å². The molecule has 0 fully saturated rings. The first kappa shape index (κ1) is 14.7. The maximum absolute atomic E-state index is 11.2. The van der Waals surface area contributed by atoms with Crippen molar-refractivity contribution in [1.82, 2.24) is 10.6 Å². The number of hydrogen-bond acceptors (Lipinski definition) is 4. The summed E-state index contributed by atoms with van der Waals surface area (Å²) < 4.78 is 4.48. The molecule has 0 bridgehead atoms. The van der Waals surface area contributed by atoms with Crippen LogP contribution in [0.5, 0.6) is 0 Å². The van der Waals surface area contributed by atoms with Gasteiger partial charge < -0.3 is 21.1 Å². The standard InChI is InChI=1S/C10H21N3O3/c1-8(2)3-4-13-9(14)7-12-5-6-16-10(11)15/h8,12H,3-7H2,1-2H3,(H2,11,15)(H,13,14). The van der Waals surface area contributed by atoms with Gasteiger partial charge in [-0.05, 0) is 12.3 Å². The number of amides is 2. The first-order chi connectivity index (χ1) is 7.52. The Hall–Kier alpha value is -1.30. The molecule has 0 unspecified atom stereocenters. The molecule has 0 spiro atoms. The summed E-state index contributed by atoms with van der Waals surface area (Å²) in [5, 5.41) is 5.61. The zero-order valence-corrected chi connectivity index (χ0v) is 9.91. The second kappa shape index (κ2) is 8.96. The van der Waals surface area contributed by atoms with Crippen LogP contribution >= 0.6 is 0 Å². The van der Waals surface area contributed by atoms with E-state index in [1.807, 2.05) is 0 Å². The van der Waals surface area contributed by atoms with E-state index in [2.05, 4.69) is 29.2 Å². The van der Waals surface area contributed by atoms with Crippen LogP contribution in [0.4, 0.5) is 4.79 Å². The van der Waals surface area contributed by atoms with E-state index in [1.54, 1.807) is 0 Å². The highest BCUT2D eigenvalue weighted by Crippen LogP contribution is 1.95. The minimum atomic E-state index is -0.803. The molecule has 94 valence electrons. The predicted octanol–water partition coefficient (Wildman–Crippen LogP) is -0.166. The fourth-order valence-electron chi connectivity index (χ4n) is 0.988. The van der Waals surface area contributed by atoms with E-state index in [9.17, 15) is 9.59 Å². The molecule has 0 aromatic carbocycles. The van der Waals surface area contributed by atoms with Gasteiger partial charge in [-0.15, -0.1) is 0 Å². The minimum Gasteiger partial charge on any atom is -0.448 e. The molecule has 0 heterocycles. The molecule has 0 rings (SSSR count). The van der Waals surface area contributed by atoms with Crippen molar-refractivity contribution in [2.45, 2.75) is 20.3 Å². The molecule has 6 heteroatoms. The summed E-state index contributed by atoms with van der Waals surface area (Å²) in [4.78, 5) is 21.4. The van der Waals surface area contributed by atoms with Crippen LogP contribution in [-0.2, 0) is 9.53 Å². The summed E-state index contributed by atoms with van der Waals surface area (Å²) in [6.07, 6.45) is 0.166. The van der Waals surface area contributed by atoms with E-state index < -0.39 is 6.09 Å². The van der Waals surface area contributed by atoms with Crippen LogP contribution in [0.1, 0.15) is 20.3 Å². The summed E-state index contributed by atoms with van der Waals surface area (Å²) in [7, 11) is 0. The molecule has 16 heavy (non-hydrogen) atoms. The van der Waals surface area contributed by atoms with Crippen molar-refractivity contribution in [3.05, 3.63) is 0 Å². The van der Waals surface area contributed by atoms with Gasteiger partial charge in [-0.3, -0.25) is 4.79 Å². The van der Waals surface area contributed by atoms with Crippen LogP contribution < -0.4 is 16.4 Å². The fraction of sp³-hybridized carbons (Fsp3) is 0.800. The van der Waals surface area contributed by atoms with Gasteiger partial charge in [0.15, 0.2) is 0 Å². The Morgan fingerprint density at radius 3 is 2.56 bits per heavy atom. The van der Waals surface area contributed by atoms with E-state index in [1.165, 1.54) is 0 Å². The summed E-state index contributed by atoms with van der Waals surface area (Å²) in [6.45, 7) is 5.71. The normalized spacial score (nSPS) is 10.2. The van der Waals surface area contributed by atoms with Crippen LogP contribution in [0.15, 0.2) is 0 Å². The SMILES string of the molecule is CC(C)CCNC(=O)CNCCOC(N)=O. The summed E-state index contributed by atoms with van der Waals surface area (Å²) in [6, 6.07) is 0. The minimum absolute atomic E-state index is 0.0558. The van der Waals surface area contributed by atoms with Gasteiger partial charge in [0.05, 0.1) is 6.54 Å². The average Bonchev–Trinajstić information content (AvgIpc) is 2.16. The molecule has 0 aliphatic rings. The van der Waals surface area contributed by atoms with Gasteiger partial charge >= 0.3 is 6.09 Å². The van der Waals surface area contributed by atoms with Gasteiger partial charge in [0.2, 0.25) is 5.91 Å². The fourth-order valence-corrected chi connectivity index (χ4v) is 0.988. The molecule has 0 aromatic rings. The van der Waals surface area contributed by atoms with E-state index in [-0.39, 0.29) is 19.1 Å². The largest absolute Gasteiger partial charge is 0.448 e. The number of ether oxygens (including phenoxy) is 1. The third-order valence-corrected chi connectivity index (χ3v) is 1.85. The highest BCUT2D eigenvalue weighted by Gasteiger charge is 2.01. The molecule has 0 atom stereocenters. The molecular formula is C10H21N3O3. The Balaban J connectivity index is 3.27. The lowest BCUT2D eigenvalue weighted by Gasteiger charge is -2.08. The van der Waals surface area contributed by atoms with Crippen molar-refractivity contribution < 1.29 is 14.3 Å². The van der Waals surface area contributed by atoms with E-state index in [4.69, 9.17) is 5.73 Å². The molecule has 2 amide bonds. The van der Waals surface area contributed by atoms with Crippen molar-refractivity contribution in [2.24, 2.45) is 11.7 Å². The van der Waals surface area contributed by atoms with Crippen molar-refractivity contribution >= 4 is 12.0 Å². The summed E-state index contributed by atoms with van der Waals surface area (Å²) in [5.41, 5.74) is 4.76. The van der Waals surface area contributed by atoms with Crippen molar-refractivity contribution in [3.8, 4) is 0 Å². The molecular weight excluding hydrogens is 210 g/mol. The maximum Gasteiger partial charge on any atom is 0.404 e. The average molecular weight is 231 g/mol. The van der Waals surface area contributed by atoms with Crippen LogP contribution in [0.3, 0.4) is 0 Å². The van der Waals surface area contributed by atoms with Crippen molar-refractivity contribution in [3.63, 3.8) is 0 Å². The molecule has 4 N–H and O–H groups in total. The van der Waals surface area contributed by atoms with E-state index in [0.29, 0.717) is 19.0 Å². The highest BCUT2D eigenvalue weighted by molar-refractivity contribution is 5.77. The van der Waals surface area contributed by atoms with Crippen LogP contribution in [0, 0.1) is 5.92 Å². The van der Waals surface area contributed by atoms with E-state index >= 15 is 0 Å². The second-order valence-corrected chi connectivity index (χ2v) is 3.88. The molecule has 0 aliphatic carbocycles. The molecule has 0 radical (unpaired) electrons. The third-order valence-electron chi connectivity index (χ3n) is 1.85. The lowest BCUT2D eigenvalue weighted by Crippen LogP contribution is -2.36. The van der Waals surface area contributed by atoms with Crippen LogP contribution in [-0.4, -0.2) is 38.2 Å². The quantitative estimate of drug-likeness (QED) is 0.506. The number of carbonyl (C=O) groups is 2. The lowest BCUT2D eigenvalue weighted by atomic mass is 10.1. The van der Waals surface area contributed by atoms with Gasteiger partial charge in [-0.1, -0.05) is 13.8 Å². The Labute approximate surface area is 95.9 Å². The Morgan fingerprint density at radius 1 is 1.31 bits per heavy atom. The number of carbonyl (C=O) groups excluding carboxylic acids is 2. The number of rotatable bonds is 8. The van der Waals surface area contributed by atoms with Gasteiger partial charge in [0, 0.05) is 13.1 Å². The second-order valence-electron chi connectivity index (χ2n) is 3.88. The zero-order valence-electron chi connectivity index (χ0n) is 9.91. The third kappa shape index (κ3) is 10.8. The highest BCUT2D eigenvalue weighted by atomic mass is 16.5. The number of nitrogens with two attached hydrogens (primary N) is 1. The molecule has 0 saturated heterocycles. The zero-order chi connectivity index (χ0) is 12.4. The Morgan fingerprint density at radius 2 is 2.00 bits per heavy atom. The number of primary amides is 1. The van der Waals surface area contributed by atoms with Crippen LogP contribution in [0.2, 0.25) is 0 Å². The van der Waals surface area contributed by atoms with Gasteiger partial charge in [-0.25, -0.2) is 4.79 Å². The van der Waals surface area contributed by atoms with Gasteiger partial charge in [-0.2, -0.15) is 0 Å². The Bertz CT molecular complexity index is 219. The maximum atomic E-state index is 11.2. The predicted molar refractivity (Wildman–Crippen MR) is 60.9 cm³/mol. The van der Waals surface area contributed by atoms with Crippen molar-refractivity contribution in [1.29, 1.82) is 0 Å². The number of nitrogens with one attached hydrogen (secondary N) is 2. The van der Waals surface area contributed by atoms with Crippen molar-refractivity contribution in [2.75, 3.05) is 26.2 Å². The molecule has 6 nitrogen and oxygen atoms in total. The Kier molecular flexibility index (Phi) is 8.24. The smallest absolute Gasteiger partial charge is 0.404 e. The number of hydrogen-bond donors (Lipinski definition) is 3. The monoisotopic (exact) mass is 231 g/mol. The molecule has 0 saturated carbocycles. The first-order valence-electron chi connectivity index (χ1n) is 5.42. The van der Waals surface area contributed by atoms with Crippen LogP contribution in [0.25, 0.3) is 0 Å². The topological polar surface area (TPSA) is 93.4 Å². The van der Waals surface area contributed by atoms with Gasteiger partial charge in [0.1, 0.15) is 6.61 Å². The first-order valence-corrected chi connectivity index (χ1v) is 5.42. The molecule has 0 aliphatic heterocycles. The summed E-state index contributed by atoms with van der Waals surface area (Å²) in [5.74, 6) is 0.525. The lowest BCUT2D eigenvalue weighted by molar-refractivity contribution is -0.120. The van der Waals surface area contributed by atoms with Gasteiger partial charge in [0.25, 0.3) is 0 Å².